The number of carboxylic acid groups (broad SMARTS) is 1. The Balaban J connectivity index is 3.38. The van der Waals surface area contributed by atoms with Gasteiger partial charge in [0, 0.05) is 4.47 Å². The van der Waals surface area contributed by atoms with Crippen molar-refractivity contribution in [1.82, 2.24) is 0 Å². The molecule has 0 bridgehead atoms. The maximum Gasteiger partial charge on any atom is 0.338 e. The van der Waals surface area contributed by atoms with Gasteiger partial charge in [-0.1, -0.05) is 15.9 Å². The summed E-state index contributed by atoms with van der Waals surface area (Å²) in [5.41, 5.74) is 0.146. The van der Waals surface area contributed by atoms with Gasteiger partial charge in [0.25, 0.3) is 0 Å². The van der Waals surface area contributed by atoms with E-state index in [-0.39, 0.29) is 5.56 Å². The standard InChI is InChI=1S/C8H6BrFO2/c1-4-2-5(9)3-6(10)7(4)8(11)12/h2-3H,1H3,(H,11,12). The van der Waals surface area contributed by atoms with E-state index in [1.807, 2.05) is 0 Å². The summed E-state index contributed by atoms with van der Waals surface area (Å²) in [5, 5.41) is 8.58. The van der Waals surface area contributed by atoms with E-state index in [4.69, 9.17) is 5.11 Å². The second-order valence-corrected chi connectivity index (χ2v) is 3.30. The zero-order valence-electron chi connectivity index (χ0n) is 6.27. The van der Waals surface area contributed by atoms with Crippen LogP contribution in [0.5, 0.6) is 0 Å². The Morgan fingerprint density at radius 1 is 1.58 bits per heavy atom. The number of carboxylic acids is 1. The second kappa shape index (κ2) is 3.23. The zero-order chi connectivity index (χ0) is 9.30. The van der Waals surface area contributed by atoms with Gasteiger partial charge in [-0.25, -0.2) is 9.18 Å². The van der Waals surface area contributed by atoms with Gasteiger partial charge in [-0.05, 0) is 24.6 Å². The summed E-state index contributed by atoms with van der Waals surface area (Å²) in [5.74, 6) is -1.95. The summed E-state index contributed by atoms with van der Waals surface area (Å²) in [4.78, 5) is 10.5. The largest absolute Gasteiger partial charge is 0.478 e. The van der Waals surface area contributed by atoms with Crippen LogP contribution in [0.1, 0.15) is 15.9 Å². The maximum absolute atomic E-state index is 13.0. The molecule has 0 aliphatic rings. The number of carbonyl (C=O) groups is 1. The molecule has 1 rings (SSSR count). The van der Waals surface area contributed by atoms with E-state index < -0.39 is 11.8 Å². The van der Waals surface area contributed by atoms with Crippen LogP contribution in [0.15, 0.2) is 16.6 Å². The van der Waals surface area contributed by atoms with Crippen molar-refractivity contribution in [3.05, 3.63) is 33.5 Å². The second-order valence-electron chi connectivity index (χ2n) is 2.38. The minimum absolute atomic E-state index is 0.266. The van der Waals surface area contributed by atoms with Gasteiger partial charge in [-0.3, -0.25) is 0 Å². The van der Waals surface area contributed by atoms with Crippen LogP contribution in [-0.2, 0) is 0 Å². The predicted octanol–water partition coefficient (Wildman–Crippen LogP) is 2.59. The van der Waals surface area contributed by atoms with Crippen LogP contribution in [0, 0.1) is 12.7 Å². The summed E-state index contributed by atoms with van der Waals surface area (Å²) in [6.07, 6.45) is 0. The number of hydrogen-bond acceptors (Lipinski definition) is 1. The molecule has 0 saturated heterocycles. The average Bonchev–Trinajstić information content (AvgIpc) is 1.82. The van der Waals surface area contributed by atoms with Gasteiger partial charge in [0.15, 0.2) is 0 Å². The first kappa shape index (κ1) is 9.19. The molecular formula is C8H6BrFO2. The first-order chi connectivity index (χ1) is 5.52. The number of halogens is 2. The first-order valence-corrected chi connectivity index (χ1v) is 4.00. The van der Waals surface area contributed by atoms with Crippen LogP contribution in [0.25, 0.3) is 0 Å². The van der Waals surface area contributed by atoms with Gasteiger partial charge < -0.3 is 5.11 Å². The Morgan fingerprint density at radius 3 is 2.58 bits per heavy atom. The fourth-order valence-corrected chi connectivity index (χ4v) is 1.52. The van der Waals surface area contributed by atoms with Crippen LogP contribution >= 0.6 is 15.9 Å². The van der Waals surface area contributed by atoms with Crippen molar-refractivity contribution in [1.29, 1.82) is 0 Å². The van der Waals surface area contributed by atoms with Crippen molar-refractivity contribution in [2.75, 3.05) is 0 Å². The zero-order valence-corrected chi connectivity index (χ0v) is 7.85. The molecular weight excluding hydrogens is 227 g/mol. The maximum atomic E-state index is 13.0. The topological polar surface area (TPSA) is 37.3 Å². The summed E-state index contributed by atoms with van der Waals surface area (Å²) < 4.78 is 13.5. The molecule has 1 aromatic carbocycles. The average molecular weight is 233 g/mol. The van der Waals surface area contributed by atoms with Gasteiger partial charge >= 0.3 is 5.97 Å². The highest BCUT2D eigenvalue weighted by molar-refractivity contribution is 9.10. The number of aromatic carboxylic acids is 1. The van der Waals surface area contributed by atoms with Crippen LogP contribution in [-0.4, -0.2) is 11.1 Å². The number of aryl methyl sites for hydroxylation is 1. The normalized spacial score (nSPS) is 9.92. The predicted molar refractivity (Wildman–Crippen MR) is 45.8 cm³/mol. The summed E-state index contributed by atoms with van der Waals surface area (Å²) >= 11 is 3.06. The lowest BCUT2D eigenvalue weighted by molar-refractivity contribution is 0.0691. The highest BCUT2D eigenvalue weighted by Gasteiger charge is 2.13. The molecule has 0 spiro atoms. The van der Waals surface area contributed by atoms with E-state index in [1.54, 1.807) is 13.0 Å². The van der Waals surface area contributed by atoms with Gasteiger partial charge in [0.05, 0.1) is 5.56 Å². The Kier molecular flexibility index (Phi) is 2.47. The Labute approximate surface area is 77.2 Å². The van der Waals surface area contributed by atoms with E-state index in [1.165, 1.54) is 0 Å². The van der Waals surface area contributed by atoms with Gasteiger partial charge in [-0.2, -0.15) is 0 Å². The summed E-state index contributed by atoms with van der Waals surface area (Å²) in [7, 11) is 0. The third-order valence-electron chi connectivity index (χ3n) is 1.47. The molecule has 0 aliphatic heterocycles. The fourth-order valence-electron chi connectivity index (χ4n) is 0.973. The summed E-state index contributed by atoms with van der Waals surface area (Å²) in [6.45, 7) is 1.55. The highest BCUT2D eigenvalue weighted by atomic mass is 79.9. The molecule has 1 N–H and O–H groups in total. The van der Waals surface area contributed by atoms with E-state index in [0.29, 0.717) is 10.0 Å². The Bertz CT molecular complexity index is 313. The van der Waals surface area contributed by atoms with Crippen LogP contribution in [0.2, 0.25) is 0 Å². The van der Waals surface area contributed by atoms with Crippen molar-refractivity contribution < 1.29 is 14.3 Å². The van der Waals surface area contributed by atoms with Crippen molar-refractivity contribution >= 4 is 21.9 Å². The van der Waals surface area contributed by atoms with E-state index in [9.17, 15) is 9.18 Å². The lowest BCUT2D eigenvalue weighted by Crippen LogP contribution is -2.03. The fraction of sp³-hybridized carbons (Fsp3) is 0.125. The molecule has 0 saturated carbocycles. The number of rotatable bonds is 1. The molecule has 0 heterocycles. The molecule has 1 aromatic rings. The van der Waals surface area contributed by atoms with Crippen LogP contribution in [0.4, 0.5) is 4.39 Å². The van der Waals surface area contributed by atoms with Crippen molar-refractivity contribution in [2.24, 2.45) is 0 Å². The lowest BCUT2D eigenvalue weighted by Gasteiger charge is -2.02. The molecule has 0 unspecified atom stereocenters. The monoisotopic (exact) mass is 232 g/mol. The van der Waals surface area contributed by atoms with Gasteiger partial charge in [0.2, 0.25) is 0 Å². The molecule has 2 nitrogen and oxygen atoms in total. The SMILES string of the molecule is Cc1cc(Br)cc(F)c1C(=O)O. The molecule has 4 heteroatoms. The molecule has 0 fully saturated rings. The van der Waals surface area contributed by atoms with Gasteiger partial charge in [0.1, 0.15) is 5.82 Å². The van der Waals surface area contributed by atoms with Crippen LogP contribution in [0.3, 0.4) is 0 Å². The minimum Gasteiger partial charge on any atom is -0.478 e. The molecule has 12 heavy (non-hydrogen) atoms. The molecule has 0 aromatic heterocycles. The molecule has 64 valence electrons. The Hall–Kier alpha value is -0.900. The number of hydrogen-bond donors (Lipinski definition) is 1. The Morgan fingerprint density at radius 2 is 2.17 bits per heavy atom. The van der Waals surface area contributed by atoms with Crippen molar-refractivity contribution in [3.8, 4) is 0 Å². The van der Waals surface area contributed by atoms with Crippen LogP contribution < -0.4 is 0 Å². The van der Waals surface area contributed by atoms with Gasteiger partial charge in [-0.15, -0.1) is 0 Å². The third kappa shape index (κ3) is 1.64. The lowest BCUT2D eigenvalue weighted by atomic mass is 10.1. The molecule has 0 amide bonds. The smallest absolute Gasteiger partial charge is 0.338 e. The summed E-state index contributed by atoms with van der Waals surface area (Å²) in [6, 6.07) is 2.70. The third-order valence-corrected chi connectivity index (χ3v) is 1.92. The van der Waals surface area contributed by atoms with E-state index in [0.717, 1.165) is 6.07 Å². The molecule has 0 aliphatic carbocycles. The quantitative estimate of drug-likeness (QED) is 0.809. The van der Waals surface area contributed by atoms with E-state index in [2.05, 4.69) is 15.9 Å². The van der Waals surface area contributed by atoms with Crippen molar-refractivity contribution in [2.45, 2.75) is 6.92 Å². The molecule has 0 radical (unpaired) electrons. The van der Waals surface area contributed by atoms with E-state index >= 15 is 0 Å². The van der Waals surface area contributed by atoms with Crippen molar-refractivity contribution in [3.63, 3.8) is 0 Å². The first-order valence-electron chi connectivity index (χ1n) is 3.21. The number of benzene rings is 1. The molecule has 0 atom stereocenters. The highest BCUT2D eigenvalue weighted by Crippen LogP contribution is 2.19. The minimum atomic E-state index is -1.24.